The third-order valence-corrected chi connectivity index (χ3v) is 5.04. The number of rotatable bonds is 5. The number of nitrogens with zero attached hydrogens (tertiary/aromatic N) is 1. The molecule has 114 valence electrons. The van der Waals surface area contributed by atoms with Gasteiger partial charge in [0.15, 0.2) is 0 Å². The van der Waals surface area contributed by atoms with E-state index in [1.165, 1.54) is 25.0 Å². The number of thioether (sulfide) groups is 1. The van der Waals surface area contributed by atoms with E-state index in [-0.39, 0.29) is 12.6 Å². The van der Waals surface area contributed by atoms with Crippen LogP contribution in [-0.4, -0.2) is 64.9 Å². The number of carboxylic acids is 1. The molecule has 2 aliphatic heterocycles. The fourth-order valence-electron chi connectivity index (χ4n) is 2.51. The number of hydrogen-bond donors (Lipinski definition) is 2. The minimum absolute atomic E-state index is 0.0763. The molecule has 1 unspecified atom stereocenters. The molecule has 0 aromatic carbocycles. The Bertz CT molecular complexity index is 365. The van der Waals surface area contributed by atoms with Crippen molar-refractivity contribution in [2.24, 2.45) is 0 Å². The molecule has 2 aliphatic rings. The number of carbonyl (C=O) groups excluding carboxylic acids is 1. The molecule has 0 aromatic rings. The van der Waals surface area contributed by atoms with Crippen molar-refractivity contribution in [2.75, 3.05) is 32.0 Å². The monoisotopic (exact) mass is 302 g/mol. The predicted molar refractivity (Wildman–Crippen MR) is 77.1 cm³/mol. The Kier molecular flexibility index (Phi) is 5.15. The molecule has 7 heteroatoms. The summed E-state index contributed by atoms with van der Waals surface area (Å²) < 4.78 is 5.28. The van der Waals surface area contributed by atoms with Gasteiger partial charge in [0.05, 0.1) is 13.1 Å². The van der Waals surface area contributed by atoms with E-state index in [1.54, 1.807) is 4.90 Å². The lowest BCUT2D eigenvalue weighted by atomic mass is 9.97. The van der Waals surface area contributed by atoms with E-state index in [4.69, 9.17) is 9.84 Å². The zero-order chi connectivity index (χ0) is 14.6. The zero-order valence-corrected chi connectivity index (χ0v) is 12.6. The number of urea groups is 1. The van der Waals surface area contributed by atoms with Crippen molar-refractivity contribution >= 4 is 23.8 Å². The number of aliphatic carboxylic acids is 1. The van der Waals surface area contributed by atoms with E-state index in [0.29, 0.717) is 24.9 Å². The number of nitrogens with one attached hydrogen (secondary N) is 1. The van der Waals surface area contributed by atoms with Crippen molar-refractivity contribution in [2.45, 2.75) is 37.0 Å². The van der Waals surface area contributed by atoms with Crippen molar-refractivity contribution in [3.63, 3.8) is 0 Å². The molecule has 2 fully saturated rings. The number of hydrogen-bond acceptors (Lipinski definition) is 4. The molecule has 6 nitrogen and oxygen atoms in total. The number of ether oxygens (including phenoxy) is 1. The smallest absolute Gasteiger partial charge is 0.329 e. The second-order valence-corrected chi connectivity index (χ2v) is 7.07. The van der Waals surface area contributed by atoms with Gasteiger partial charge in [0, 0.05) is 11.8 Å². The SMILES string of the molecule is CC1(OCC(=O)O)CN(C(=O)NCC2CCCCS2)C1. The zero-order valence-electron chi connectivity index (χ0n) is 11.8. The first kappa shape index (κ1) is 15.4. The van der Waals surface area contributed by atoms with E-state index in [1.807, 2.05) is 18.7 Å². The Labute approximate surface area is 123 Å². The molecule has 2 N–H and O–H groups in total. The van der Waals surface area contributed by atoms with Crippen LogP contribution in [0.1, 0.15) is 26.2 Å². The van der Waals surface area contributed by atoms with Gasteiger partial charge < -0.3 is 20.1 Å². The van der Waals surface area contributed by atoms with E-state index in [2.05, 4.69) is 5.32 Å². The maximum Gasteiger partial charge on any atom is 0.329 e. The summed E-state index contributed by atoms with van der Waals surface area (Å²) in [6.45, 7) is 3.13. The first-order valence-corrected chi connectivity index (χ1v) is 8.03. The average Bonchev–Trinajstić information content (AvgIpc) is 2.40. The van der Waals surface area contributed by atoms with Crippen molar-refractivity contribution < 1.29 is 19.4 Å². The van der Waals surface area contributed by atoms with Crippen LogP contribution in [0.2, 0.25) is 0 Å². The standard InChI is InChI=1S/C13H22N2O4S/c1-13(19-7-11(16)17)8-15(9-13)12(18)14-6-10-4-2-3-5-20-10/h10H,2-9H2,1H3,(H,14,18)(H,16,17). The van der Waals surface area contributed by atoms with E-state index >= 15 is 0 Å². The van der Waals surface area contributed by atoms with E-state index in [9.17, 15) is 9.59 Å². The van der Waals surface area contributed by atoms with Crippen molar-refractivity contribution in [3.8, 4) is 0 Å². The Balaban J connectivity index is 1.64. The van der Waals surface area contributed by atoms with Crippen LogP contribution >= 0.6 is 11.8 Å². The molecule has 2 heterocycles. The highest BCUT2D eigenvalue weighted by Gasteiger charge is 2.42. The van der Waals surface area contributed by atoms with Gasteiger partial charge in [0.2, 0.25) is 0 Å². The fourth-order valence-corrected chi connectivity index (χ4v) is 3.75. The maximum atomic E-state index is 11.9. The molecule has 0 aromatic heterocycles. The van der Waals surface area contributed by atoms with Crippen LogP contribution in [0.15, 0.2) is 0 Å². The van der Waals surface area contributed by atoms with Crippen LogP contribution in [-0.2, 0) is 9.53 Å². The van der Waals surface area contributed by atoms with Crippen LogP contribution in [0.25, 0.3) is 0 Å². The van der Waals surface area contributed by atoms with Crippen molar-refractivity contribution in [1.29, 1.82) is 0 Å². The lowest BCUT2D eigenvalue weighted by molar-refractivity contribution is -0.159. The highest BCUT2D eigenvalue weighted by atomic mass is 32.2. The Morgan fingerprint density at radius 3 is 2.80 bits per heavy atom. The van der Waals surface area contributed by atoms with Gasteiger partial charge in [-0.05, 0) is 25.5 Å². The Morgan fingerprint density at radius 1 is 1.45 bits per heavy atom. The molecule has 1 atom stereocenters. The first-order valence-electron chi connectivity index (χ1n) is 6.99. The third-order valence-electron chi connectivity index (χ3n) is 3.64. The van der Waals surface area contributed by atoms with E-state index in [0.717, 1.165) is 0 Å². The number of carbonyl (C=O) groups is 2. The van der Waals surface area contributed by atoms with Crippen LogP contribution in [0, 0.1) is 0 Å². The second kappa shape index (κ2) is 6.67. The summed E-state index contributed by atoms with van der Waals surface area (Å²) in [5.41, 5.74) is -0.519. The minimum Gasteiger partial charge on any atom is -0.480 e. The third kappa shape index (κ3) is 4.28. The van der Waals surface area contributed by atoms with Crippen LogP contribution in [0.4, 0.5) is 4.79 Å². The summed E-state index contributed by atoms with van der Waals surface area (Å²) in [6, 6.07) is -0.0763. The highest BCUT2D eigenvalue weighted by molar-refractivity contribution is 7.99. The van der Waals surface area contributed by atoms with Gasteiger partial charge in [-0.15, -0.1) is 0 Å². The molecule has 0 radical (unpaired) electrons. The maximum absolute atomic E-state index is 11.9. The van der Waals surface area contributed by atoms with Gasteiger partial charge in [-0.1, -0.05) is 6.42 Å². The molecule has 0 spiro atoms. The van der Waals surface area contributed by atoms with Gasteiger partial charge in [-0.3, -0.25) is 0 Å². The average molecular weight is 302 g/mol. The molecule has 2 rings (SSSR count). The fraction of sp³-hybridized carbons (Fsp3) is 0.846. The number of likely N-dealkylation sites (tertiary alicyclic amines) is 1. The summed E-state index contributed by atoms with van der Waals surface area (Å²) in [5, 5.41) is 12.1. The molecule has 2 saturated heterocycles. The van der Waals surface area contributed by atoms with Gasteiger partial charge in [0.25, 0.3) is 0 Å². The van der Waals surface area contributed by atoms with Crippen LogP contribution < -0.4 is 5.32 Å². The second-order valence-electron chi connectivity index (χ2n) is 5.66. The number of carboxylic acid groups (broad SMARTS) is 1. The van der Waals surface area contributed by atoms with Crippen LogP contribution in [0.3, 0.4) is 0 Å². The first-order chi connectivity index (χ1) is 9.48. The van der Waals surface area contributed by atoms with Gasteiger partial charge in [-0.25, -0.2) is 9.59 Å². The minimum atomic E-state index is -0.983. The number of amides is 2. The molecule has 0 aliphatic carbocycles. The molecule has 2 amide bonds. The highest BCUT2D eigenvalue weighted by Crippen LogP contribution is 2.26. The van der Waals surface area contributed by atoms with Gasteiger partial charge >= 0.3 is 12.0 Å². The summed E-state index contributed by atoms with van der Waals surface area (Å²) in [4.78, 5) is 24.0. The molecule has 0 saturated carbocycles. The van der Waals surface area contributed by atoms with Gasteiger partial charge in [0.1, 0.15) is 12.2 Å². The van der Waals surface area contributed by atoms with Crippen LogP contribution in [0.5, 0.6) is 0 Å². The summed E-state index contributed by atoms with van der Waals surface area (Å²) in [5.74, 6) is 0.203. The van der Waals surface area contributed by atoms with Crippen molar-refractivity contribution in [1.82, 2.24) is 10.2 Å². The van der Waals surface area contributed by atoms with E-state index < -0.39 is 11.6 Å². The molecule has 20 heavy (non-hydrogen) atoms. The largest absolute Gasteiger partial charge is 0.480 e. The summed E-state index contributed by atoms with van der Waals surface area (Å²) in [6.07, 6.45) is 3.70. The summed E-state index contributed by atoms with van der Waals surface area (Å²) >= 11 is 1.93. The summed E-state index contributed by atoms with van der Waals surface area (Å²) in [7, 11) is 0. The Morgan fingerprint density at radius 2 is 2.20 bits per heavy atom. The molecule has 0 bridgehead atoms. The normalized spacial score (nSPS) is 24.9. The quantitative estimate of drug-likeness (QED) is 0.796. The van der Waals surface area contributed by atoms with Gasteiger partial charge in [-0.2, -0.15) is 11.8 Å². The lowest BCUT2D eigenvalue weighted by Crippen LogP contribution is -2.65. The predicted octanol–water partition coefficient (Wildman–Crippen LogP) is 1.16. The Hall–Kier alpha value is -0.950. The molecular weight excluding hydrogens is 280 g/mol. The topological polar surface area (TPSA) is 78.9 Å². The lowest BCUT2D eigenvalue weighted by Gasteiger charge is -2.47. The molecular formula is C13H22N2O4S. The van der Waals surface area contributed by atoms with Crippen molar-refractivity contribution in [3.05, 3.63) is 0 Å².